The first-order chi connectivity index (χ1) is 16.4. The van der Waals surface area contributed by atoms with Gasteiger partial charge in [-0.05, 0) is 61.5 Å². The molecule has 1 aliphatic rings. The lowest BCUT2D eigenvalue weighted by Gasteiger charge is -2.14. The molecule has 0 unspecified atom stereocenters. The van der Waals surface area contributed by atoms with Crippen molar-refractivity contribution >= 4 is 29.4 Å². The number of halogens is 1. The summed E-state index contributed by atoms with van der Waals surface area (Å²) < 4.78 is 27.6. The third-order valence-corrected chi connectivity index (χ3v) is 5.59. The zero-order valence-corrected chi connectivity index (χ0v) is 19.7. The normalized spacial score (nSPS) is 13.3. The number of hydrogen-bond acceptors (Lipinski definition) is 7. The van der Waals surface area contributed by atoms with Gasteiger partial charge >= 0.3 is 5.97 Å². The summed E-state index contributed by atoms with van der Waals surface area (Å²) in [6.07, 6.45) is 1.57. The molecule has 0 aliphatic carbocycles. The summed E-state index contributed by atoms with van der Waals surface area (Å²) in [5.74, 6) is 1.16. The van der Waals surface area contributed by atoms with Crippen molar-refractivity contribution in [3.63, 3.8) is 0 Å². The van der Waals surface area contributed by atoms with Crippen LogP contribution in [0.1, 0.15) is 31.8 Å². The molecule has 0 N–H and O–H groups in total. The van der Waals surface area contributed by atoms with Crippen LogP contribution < -0.4 is 23.7 Å². The summed E-state index contributed by atoms with van der Waals surface area (Å²) in [6.45, 7) is 1.72. The molecule has 0 fully saturated rings. The van der Waals surface area contributed by atoms with E-state index >= 15 is 0 Å². The average molecular weight is 481 g/mol. The number of carbonyl (C=O) groups excluding carboxylic acids is 2. The molecular weight excluding hydrogens is 460 g/mol. The molecule has 4 rings (SSSR count). The van der Waals surface area contributed by atoms with Gasteiger partial charge in [-0.25, -0.2) is 4.79 Å². The van der Waals surface area contributed by atoms with Gasteiger partial charge in [0.05, 0.1) is 32.5 Å². The van der Waals surface area contributed by atoms with E-state index in [9.17, 15) is 9.59 Å². The second kappa shape index (κ2) is 9.49. The van der Waals surface area contributed by atoms with E-state index in [0.29, 0.717) is 50.3 Å². The van der Waals surface area contributed by atoms with Crippen molar-refractivity contribution in [1.82, 2.24) is 0 Å². The highest BCUT2D eigenvalue weighted by atomic mass is 35.5. The molecule has 8 heteroatoms. The van der Waals surface area contributed by atoms with E-state index in [2.05, 4.69) is 0 Å². The maximum atomic E-state index is 13.0. The topological polar surface area (TPSA) is 80.3 Å². The maximum Gasteiger partial charge on any atom is 0.343 e. The van der Waals surface area contributed by atoms with Crippen molar-refractivity contribution in [2.75, 3.05) is 21.3 Å². The molecule has 1 heterocycles. The number of benzene rings is 3. The lowest BCUT2D eigenvalue weighted by molar-refractivity contribution is 0.0733. The van der Waals surface area contributed by atoms with Crippen molar-refractivity contribution in [2.45, 2.75) is 6.92 Å². The molecule has 0 aromatic heterocycles. The minimum Gasteiger partial charge on any atom is -0.493 e. The Kier molecular flexibility index (Phi) is 6.47. The predicted octanol–water partition coefficient (Wildman–Crippen LogP) is 5.51. The molecule has 1 aliphatic heterocycles. The van der Waals surface area contributed by atoms with Crippen molar-refractivity contribution < 1.29 is 33.3 Å². The van der Waals surface area contributed by atoms with Crippen molar-refractivity contribution in [3.05, 3.63) is 81.6 Å². The van der Waals surface area contributed by atoms with E-state index in [1.807, 2.05) is 0 Å². The first kappa shape index (κ1) is 23.2. The number of fused-ring (bicyclic) bond motifs is 1. The third kappa shape index (κ3) is 4.18. The Hall–Kier alpha value is -3.97. The standard InChI is InChI=1S/C26H21ClO7/c1-14-19(34-26(29)15-5-8-17(27)9-6-15)12-10-18-22(28)21(33-23(14)18)13-16-7-11-20(30-2)25(32-4)24(16)31-3/h5-13H,1-4H3/b21-13-. The minimum absolute atomic E-state index is 0.102. The highest BCUT2D eigenvalue weighted by Crippen LogP contribution is 2.43. The fourth-order valence-electron chi connectivity index (χ4n) is 3.60. The van der Waals surface area contributed by atoms with Gasteiger partial charge in [0.2, 0.25) is 11.5 Å². The number of allylic oxidation sites excluding steroid dienone is 1. The zero-order valence-electron chi connectivity index (χ0n) is 18.9. The fourth-order valence-corrected chi connectivity index (χ4v) is 3.73. The molecule has 174 valence electrons. The van der Waals surface area contributed by atoms with Gasteiger partial charge < -0.3 is 23.7 Å². The quantitative estimate of drug-likeness (QED) is 0.261. The third-order valence-electron chi connectivity index (χ3n) is 5.34. The number of ether oxygens (including phenoxy) is 5. The number of rotatable bonds is 6. The molecule has 0 radical (unpaired) electrons. The Labute approximate surface area is 201 Å². The number of ketones is 1. The minimum atomic E-state index is -0.546. The Bertz CT molecular complexity index is 1310. The summed E-state index contributed by atoms with van der Waals surface area (Å²) in [5.41, 5.74) is 1.82. The molecule has 0 spiro atoms. The number of Topliss-reactive ketones (excluding diaryl/α,β-unsaturated/α-hetero) is 1. The van der Waals surface area contributed by atoms with Gasteiger partial charge in [0.15, 0.2) is 17.3 Å². The van der Waals surface area contributed by atoms with Gasteiger partial charge in [0.1, 0.15) is 11.5 Å². The van der Waals surface area contributed by atoms with E-state index < -0.39 is 5.97 Å². The van der Waals surface area contributed by atoms with Gasteiger partial charge in [-0.1, -0.05) is 11.6 Å². The Morgan fingerprint density at radius 2 is 1.56 bits per heavy atom. The molecule has 0 saturated heterocycles. The predicted molar refractivity (Wildman–Crippen MR) is 127 cm³/mol. The lowest BCUT2D eigenvalue weighted by Crippen LogP contribution is -2.09. The summed E-state index contributed by atoms with van der Waals surface area (Å²) in [6, 6.07) is 12.9. The second-order valence-electron chi connectivity index (χ2n) is 7.33. The van der Waals surface area contributed by atoms with E-state index in [1.54, 1.807) is 61.5 Å². The van der Waals surface area contributed by atoms with Crippen LogP contribution in [0.15, 0.2) is 54.3 Å². The van der Waals surface area contributed by atoms with Crippen LogP contribution in [0, 0.1) is 6.92 Å². The first-order valence-electron chi connectivity index (χ1n) is 10.2. The fraction of sp³-hybridized carbons (Fsp3) is 0.154. The second-order valence-corrected chi connectivity index (χ2v) is 7.76. The maximum absolute atomic E-state index is 13.0. The van der Waals surface area contributed by atoms with Crippen LogP contribution >= 0.6 is 11.6 Å². The number of esters is 1. The summed E-state index contributed by atoms with van der Waals surface area (Å²) in [5, 5.41) is 0.516. The molecule has 34 heavy (non-hydrogen) atoms. The van der Waals surface area contributed by atoms with Crippen LogP contribution in [-0.2, 0) is 0 Å². The molecule has 0 amide bonds. The monoisotopic (exact) mass is 480 g/mol. The van der Waals surface area contributed by atoms with E-state index in [1.165, 1.54) is 21.3 Å². The van der Waals surface area contributed by atoms with Gasteiger partial charge in [-0.15, -0.1) is 0 Å². The molecule has 0 saturated carbocycles. The van der Waals surface area contributed by atoms with Crippen LogP contribution in [0.2, 0.25) is 5.02 Å². The van der Waals surface area contributed by atoms with Crippen LogP contribution in [0.25, 0.3) is 6.08 Å². The van der Waals surface area contributed by atoms with Crippen molar-refractivity contribution in [3.8, 4) is 28.7 Å². The van der Waals surface area contributed by atoms with Crippen LogP contribution in [0.4, 0.5) is 0 Å². The molecule has 3 aromatic carbocycles. The van der Waals surface area contributed by atoms with Gasteiger partial charge in [0.25, 0.3) is 0 Å². The van der Waals surface area contributed by atoms with E-state index in [0.717, 1.165) is 0 Å². The molecule has 3 aromatic rings. The summed E-state index contributed by atoms with van der Waals surface area (Å²) in [4.78, 5) is 25.5. The lowest BCUT2D eigenvalue weighted by atomic mass is 10.1. The average Bonchev–Trinajstić information content (AvgIpc) is 3.16. The molecule has 7 nitrogen and oxygen atoms in total. The SMILES string of the molecule is COc1ccc(/C=C2\Oc3c(ccc(OC(=O)c4ccc(Cl)cc4)c3C)C2=O)c(OC)c1OC. The molecular formula is C26H21ClO7. The number of hydrogen-bond donors (Lipinski definition) is 0. The largest absolute Gasteiger partial charge is 0.493 e. The first-order valence-corrected chi connectivity index (χ1v) is 10.6. The Balaban J connectivity index is 1.65. The smallest absolute Gasteiger partial charge is 0.343 e. The van der Waals surface area contributed by atoms with E-state index in [4.69, 9.17) is 35.3 Å². The van der Waals surface area contributed by atoms with Gasteiger partial charge in [0, 0.05) is 16.1 Å². The highest BCUT2D eigenvalue weighted by molar-refractivity contribution is 6.30. The van der Waals surface area contributed by atoms with Gasteiger partial charge in [-0.3, -0.25) is 4.79 Å². The number of methoxy groups -OCH3 is 3. The summed E-state index contributed by atoms with van der Waals surface area (Å²) >= 11 is 5.88. The Morgan fingerprint density at radius 3 is 2.21 bits per heavy atom. The van der Waals surface area contributed by atoms with E-state index in [-0.39, 0.29) is 17.3 Å². The number of carbonyl (C=O) groups is 2. The molecule has 0 atom stereocenters. The Morgan fingerprint density at radius 1 is 0.882 bits per heavy atom. The van der Waals surface area contributed by atoms with Crippen LogP contribution in [0.5, 0.6) is 28.7 Å². The molecule has 0 bridgehead atoms. The highest BCUT2D eigenvalue weighted by Gasteiger charge is 2.31. The van der Waals surface area contributed by atoms with Crippen molar-refractivity contribution in [1.29, 1.82) is 0 Å². The van der Waals surface area contributed by atoms with Crippen LogP contribution in [-0.4, -0.2) is 33.1 Å². The van der Waals surface area contributed by atoms with Crippen molar-refractivity contribution in [2.24, 2.45) is 0 Å². The van der Waals surface area contributed by atoms with Gasteiger partial charge in [-0.2, -0.15) is 0 Å². The summed E-state index contributed by atoms with van der Waals surface area (Å²) in [7, 11) is 4.52. The van der Waals surface area contributed by atoms with Crippen LogP contribution in [0.3, 0.4) is 0 Å². The zero-order chi connectivity index (χ0) is 24.4.